The third-order valence-corrected chi connectivity index (χ3v) is 3.45. The topological polar surface area (TPSA) is 55.1 Å². The molecule has 19 heavy (non-hydrogen) atoms. The van der Waals surface area contributed by atoms with Gasteiger partial charge in [-0.3, -0.25) is 4.79 Å². The number of halogens is 3. The van der Waals surface area contributed by atoms with E-state index in [9.17, 15) is 13.6 Å². The Morgan fingerprint density at radius 2 is 1.74 bits per heavy atom. The van der Waals surface area contributed by atoms with E-state index in [4.69, 9.17) is 5.73 Å². The van der Waals surface area contributed by atoms with E-state index in [1.807, 2.05) is 0 Å². The van der Waals surface area contributed by atoms with Crippen LogP contribution in [0, 0.1) is 11.6 Å². The highest BCUT2D eigenvalue weighted by Crippen LogP contribution is 2.29. The van der Waals surface area contributed by atoms with Crippen LogP contribution in [0.3, 0.4) is 0 Å². The van der Waals surface area contributed by atoms with Crippen molar-refractivity contribution < 1.29 is 13.6 Å². The van der Waals surface area contributed by atoms with Gasteiger partial charge in [-0.2, -0.15) is 0 Å². The minimum absolute atomic E-state index is 0. The van der Waals surface area contributed by atoms with Crippen LogP contribution >= 0.6 is 12.4 Å². The number of nitrogens with one attached hydrogen (secondary N) is 1. The zero-order valence-corrected chi connectivity index (χ0v) is 11.2. The highest BCUT2D eigenvalue weighted by atomic mass is 35.5. The van der Waals surface area contributed by atoms with Gasteiger partial charge in [0.2, 0.25) is 0 Å². The second kappa shape index (κ2) is 6.30. The number of hydrogen-bond acceptors (Lipinski definition) is 2. The summed E-state index contributed by atoms with van der Waals surface area (Å²) in [5.74, 6) is -1.98. The molecule has 6 heteroatoms. The van der Waals surface area contributed by atoms with Gasteiger partial charge < -0.3 is 11.1 Å². The number of nitrogens with two attached hydrogens (primary N) is 1. The Bertz CT molecular complexity index is 442. The largest absolute Gasteiger partial charge is 0.345 e. The second-order valence-electron chi connectivity index (χ2n) is 4.80. The van der Waals surface area contributed by atoms with Gasteiger partial charge in [0, 0.05) is 18.2 Å². The summed E-state index contributed by atoms with van der Waals surface area (Å²) in [6, 6.07) is 2.79. The first-order valence-electron chi connectivity index (χ1n) is 6.03. The lowest BCUT2D eigenvalue weighted by molar-refractivity contribution is 0.0902. The van der Waals surface area contributed by atoms with E-state index < -0.39 is 23.1 Å². The molecule has 0 atom stereocenters. The van der Waals surface area contributed by atoms with E-state index in [0.717, 1.165) is 43.9 Å². The minimum Gasteiger partial charge on any atom is -0.345 e. The standard InChI is InChI=1S/C13H16F2N2O.ClH/c14-10-5-9(6-11(15)7-10)12(18)17-13(8-16)3-1-2-4-13;/h5-7H,1-4,8,16H2,(H,17,18);1H. The third-order valence-electron chi connectivity index (χ3n) is 3.45. The molecule has 0 unspecified atom stereocenters. The minimum atomic E-state index is -0.756. The van der Waals surface area contributed by atoms with Gasteiger partial charge in [0.1, 0.15) is 11.6 Å². The van der Waals surface area contributed by atoms with E-state index in [-0.39, 0.29) is 18.0 Å². The molecule has 1 aromatic rings. The van der Waals surface area contributed by atoms with Gasteiger partial charge in [-0.05, 0) is 25.0 Å². The molecule has 0 bridgehead atoms. The molecular formula is C13H17ClF2N2O. The van der Waals surface area contributed by atoms with Gasteiger partial charge in [0.15, 0.2) is 0 Å². The molecule has 0 spiro atoms. The number of rotatable bonds is 3. The molecular weight excluding hydrogens is 274 g/mol. The molecule has 1 aliphatic carbocycles. The van der Waals surface area contributed by atoms with Gasteiger partial charge in [-0.25, -0.2) is 8.78 Å². The molecule has 1 saturated carbocycles. The van der Waals surface area contributed by atoms with Gasteiger partial charge in [0.25, 0.3) is 5.91 Å². The maximum atomic E-state index is 13.0. The molecule has 1 aliphatic rings. The maximum absolute atomic E-state index is 13.0. The van der Waals surface area contributed by atoms with Crippen LogP contribution in [-0.4, -0.2) is 18.0 Å². The molecule has 3 nitrogen and oxygen atoms in total. The normalized spacial score (nSPS) is 16.8. The first-order valence-corrected chi connectivity index (χ1v) is 6.03. The van der Waals surface area contributed by atoms with Crippen LogP contribution < -0.4 is 11.1 Å². The van der Waals surface area contributed by atoms with Gasteiger partial charge >= 0.3 is 0 Å². The zero-order chi connectivity index (χ0) is 13.2. The average Bonchev–Trinajstić information content (AvgIpc) is 2.77. The van der Waals surface area contributed by atoms with E-state index in [0.29, 0.717) is 6.54 Å². The molecule has 3 N–H and O–H groups in total. The van der Waals surface area contributed by atoms with E-state index in [2.05, 4.69) is 5.32 Å². The molecule has 0 aromatic heterocycles. The summed E-state index contributed by atoms with van der Waals surface area (Å²) in [7, 11) is 0. The Morgan fingerprint density at radius 1 is 1.21 bits per heavy atom. The fourth-order valence-electron chi connectivity index (χ4n) is 2.43. The summed E-state index contributed by atoms with van der Waals surface area (Å²) in [5.41, 5.74) is 5.27. The maximum Gasteiger partial charge on any atom is 0.251 e. The zero-order valence-electron chi connectivity index (χ0n) is 10.4. The van der Waals surface area contributed by atoms with Gasteiger partial charge in [-0.15, -0.1) is 12.4 Å². The first-order chi connectivity index (χ1) is 8.54. The molecule has 106 valence electrons. The second-order valence-corrected chi connectivity index (χ2v) is 4.80. The SMILES string of the molecule is Cl.NCC1(NC(=O)c2cc(F)cc(F)c2)CCCC1. The summed E-state index contributed by atoms with van der Waals surface area (Å²) in [4.78, 5) is 12.0. The number of carbonyl (C=O) groups excluding carboxylic acids is 1. The Labute approximate surface area is 117 Å². The van der Waals surface area contributed by atoms with Crippen LogP contribution in [0.1, 0.15) is 36.0 Å². The van der Waals surface area contributed by atoms with Gasteiger partial charge in [0.05, 0.1) is 5.54 Å². The van der Waals surface area contributed by atoms with Crippen LogP contribution in [0.5, 0.6) is 0 Å². The van der Waals surface area contributed by atoms with Crippen LogP contribution in [0.25, 0.3) is 0 Å². The highest BCUT2D eigenvalue weighted by Gasteiger charge is 2.34. The fourth-order valence-corrected chi connectivity index (χ4v) is 2.43. The van der Waals surface area contributed by atoms with E-state index in [1.165, 1.54) is 0 Å². The van der Waals surface area contributed by atoms with Crippen LogP contribution in [0.2, 0.25) is 0 Å². The van der Waals surface area contributed by atoms with Crippen molar-refractivity contribution in [1.29, 1.82) is 0 Å². The third kappa shape index (κ3) is 3.64. The smallest absolute Gasteiger partial charge is 0.251 e. The Hall–Kier alpha value is -1.20. The number of amides is 1. The quantitative estimate of drug-likeness (QED) is 0.898. The van der Waals surface area contributed by atoms with Crippen LogP contribution in [0.15, 0.2) is 18.2 Å². The molecule has 0 aliphatic heterocycles. The molecule has 1 aromatic carbocycles. The van der Waals surface area contributed by atoms with Crippen molar-refractivity contribution in [3.8, 4) is 0 Å². The number of benzene rings is 1. The summed E-state index contributed by atoms with van der Waals surface area (Å²) >= 11 is 0. The van der Waals surface area contributed by atoms with E-state index in [1.54, 1.807) is 0 Å². The van der Waals surface area contributed by atoms with Crippen molar-refractivity contribution in [2.45, 2.75) is 31.2 Å². The monoisotopic (exact) mass is 290 g/mol. The summed E-state index contributed by atoms with van der Waals surface area (Å²) in [5, 5.41) is 2.82. The van der Waals surface area contributed by atoms with E-state index >= 15 is 0 Å². The lowest BCUT2D eigenvalue weighted by Crippen LogP contribution is -2.51. The van der Waals surface area contributed by atoms with Crippen molar-refractivity contribution in [3.05, 3.63) is 35.4 Å². The molecule has 2 rings (SSSR count). The lowest BCUT2D eigenvalue weighted by Gasteiger charge is -2.28. The predicted molar refractivity (Wildman–Crippen MR) is 71.3 cm³/mol. The van der Waals surface area contributed by atoms with Crippen molar-refractivity contribution in [1.82, 2.24) is 5.32 Å². The van der Waals surface area contributed by atoms with Gasteiger partial charge in [-0.1, -0.05) is 12.8 Å². The molecule has 0 heterocycles. The van der Waals surface area contributed by atoms with Crippen molar-refractivity contribution in [3.63, 3.8) is 0 Å². The number of hydrogen-bond donors (Lipinski definition) is 2. The Kier molecular flexibility index (Phi) is 5.26. The van der Waals surface area contributed by atoms with Crippen molar-refractivity contribution in [2.75, 3.05) is 6.54 Å². The van der Waals surface area contributed by atoms with Crippen molar-refractivity contribution in [2.24, 2.45) is 5.73 Å². The van der Waals surface area contributed by atoms with Crippen LogP contribution in [0.4, 0.5) is 8.78 Å². The average molecular weight is 291 g/mol. The lowest BCUT2D eigenvalue weighted by atomic mass is 9.97. The van der Waals surface area contributed by atoms with Crippen LogP contribution in [-0.2, 0) is 0 Å². The highest BCUT2D eigenvalue weighted by molar-refractivity contribution is 5.94. The van der Waals surface area contributed by atoms with Crippen molar-refractivity contribution >= 4 is 18.3 Å². The first kappa shape index (κ1) is 15.9. The predicted octanol–water partition coefficient (Wildman–Crippen LogP) is 2.39. The Morgan fingerprint density at radius 3 is 2.21 bits per heavy atom. The molecule has 1 fully saturated rings. The Balaban J connectivity index is 0.00000180. The number of carbonyl (C=O) groups is 1. The summed E-state index contributed by atoms with van der Waals surface area (Å²) in [6.07, 6.45) is 3.64. The molecule has 1 amide bonds. The summed E-state index contributed by atoms with van der Waals surface area (Å²) < 4.78 is 26.1. The molecule has 0 saturated heterocycles. The molecule has 0 radical (unpaired) electrons. The summed E-state index contributed by atoms with van der Waals surface area (Å²) in [6.45, 7) is 0.344. The fraction of sp³-hybridized carbons (Fsp3) is 0.462.